The van der Waals surface area contributed by atoms with Gasteiger partial charge in [0, 0.05) is 18.7 Å². The molecular formula is C18H26N2O5. The Kier molecular flexibility index (Phi) is 5.99. The van der Waals surface area contributed by atoms with Gasteiger partial charge < -0.3 is 24.2 Å². The van der Waals surface area contributed by atoms with Crippen LogP contribution in [0.15, 0.2) is 18.2 Å². The van der Waals surface area contributed by atoms with Crippen LogP contribution >= 0.6 is 0 Å². The maximum atomic E-state index is 10.8. The van der Waals surface area contributed by atoms with Crippen molar-refractivity contribution in [2.24, 2.45) is 0 Å². The van der Waals surface area contributed by atoms with Crippen molar-refractivity contribution in [3.63, 3.8) is 0 Å². The predicted octanol–water partition coefficient (Wildman–Crippen LogP) is 1.66. The minimum atomic E-state index is -0.759. The van der Waals surface area contributed by atoms with E-state index < -0.39 is 5.97 Å². The number of likely N-dealkylation sites (N-methyl/N-ethyl adjacent to an activating group) is 1. The zero-order chi connectivity index (χ0) is 17.6. The van der Waals surface area contributed by atoms with Gasteiger partial charge in [0.15, 0.2) is 11.5 Å². The average molecular weight is 350 g/mol. The molecule has 7 nitrogen and oxygen atoms in total. The van der Waals surface area contributed by atoms with Gasteiger partial charge in [-0.1, -0.05) is 0 Å². The standard InChI is InChI=1S/C18H26N2O5/c1-19(12-18(21)22)14-5-8-20(9-6-14)7-2-10-23-15-3-4-16-17(11-15)25-13-24-16/h3-4,11,14H,2,5-10,12-13H2,1H3,(H,21,22). The van der Waals surface area contributed by atoms with Crippen molar-refractivity contribution in [2.75, 3.05) is 46.6 Å². The number of hydrogen-bond donors (Lipinski definition) is 1. The molecule has 0 saturated carbocycles. The van der Waals surface area contributed by atoms with Crippen LogP contribution in [0.5, 0.6) is 17.2 Å². The van der Waals surface area contributed by atoms with Crippen LogP contribution in [-0.4, -0.2) is 73.5 Å². The summed E-state index contributed by atoms with van der Waals surface area (Å²) in [7, 11) is 1.90. The van der Waals surface area contributed by atoms with Crippen LogP contribution in [0.3, 0.4) is 0 Å². The number of aliphatic carboxylic acids is 1. The lowest BCUT2D eigenvalue weighted by atomic mass is 10.0. The third kappa shape index (κ3) is 4.99. The lowest BCUT2D eigenvalue weighted by Crippen LogP contribution is -2.45. The van der Waals surface area contributed by atoms with Crippen LogP contribution in [0.1, 0.15) is 19.3 Å². The molecule has 0 unspecified atom stereocenters. The number of piperidine rings is 1. The molecule has 1 fully saturated rings. The molecule has 0 spiro atoms. The van der Waals surface area contributed by atoms with Gasteiger partial charge in [0.1, 0.15) is 5.75 Å². The fraction of sp³-hybridized carbons (Fsp3) is 0.611. The number of ether oxygens (including phenoxy) is 3. The van der Waals surface area contributed by atoms with E-state index in [0.29, 0.717) is 12.6 Å². The van der Waals surface area contributed by atoms with E-state index in [1.807, 2.05) is 30.1 Å². The number of fused-ring (bicyclic) bond motifs is 1. The number of carboxylic acid groups (broad SMARTS) is 1. The van der Waals surface area contributed by atoms with Crippen molar-refractivity contribution >= 4 is 5.97 Å². The Bertz CT molecular complexity index is 587. The summed E-state index contributed by atoms with van der Waals surface area (Å²) in [5, 5.41) is 8.87. The highest BCUT2D eigenvalue weighted by atomic mass is 16.7. The third-order valence-corrected chi connectivity index (χ3v) is 4.80. The number of benzene rings is 1. The number of rotatable bonds is 8. The Hall–Kier alpha value is -1.99. The van der Waals surface area contributed by atoms with Crippen molar-refractivity contribution in [3.8, 4) is 17.2 Å². The van der Waals surface area contributed by atoms with E-state index in [9.17, 15) is 4.79 Å². The predicted molar refractivity (Wildman–Crippen MR) is 92.4 cm³/mol. The Morgan fingerprint density at radius 1 is 1.32 bits per heavy atom. The SMILES string of the molecule is CN(CC(=O)O)C1CCN(CCCOc2ccc3c(c2)OCO3)CC1. The molecule has 138 valence electrons. The van der Waals surface area contributed by atoms with Crippen molar-refractivity contribution in [3.05, 3.63) is 18.2 Å². The smallest absolute Gasteiger partial charge is 0.317 e. The third-order valence-electron chi connectivity index (χ3n) is 4.80. The lowest BCUT2D eigenvalue weighted by Gasteiger charge is -2.36. The molecule has 0 bridgehead atoms. The van der Waals surface area contributed by atoms with Crippen molar-refractivity contribution in [1.82, 2.24) is 9.80 Å². The van der Waals surface area contributed by atoms with Gasteiger partial charge in [-0.05, 0) is 51.5 Å². The molecule has 0 aliphatic carbocycles. The summed E-state index contributed by atoms with van der Waals surface area (Å²) >= 11 is 0. The number of carbonyl (C=O) groups is 1. The number of hydrogen-bond acceptors (Lipinski definition) is 6. The van der Waals surface area contributed by atoms with Gasteiger partial charge in [0.05, 0.1) is 13.2 Å². The number of nitrogens with zero attached hydrogens (tertiary/aromatic N) is 2. The first-order valence-corrected chi connectivity index (χ1v) is 8.78. The first kappa shape index (κ1) is 17.8. The Labute approximate surface area is 148 Å². The second-order valence-electron chi connectivity index (χ2n) is 6.60. The van der Waals surface area contributed by atoms with Gasteiger partial charge in [-0.25, -0.2) is 0 Å². The molecule has 1 saturated heterocycles. The molecule has 0 aromatic heterocycles. The van der Waals surface area contributed by atoms with Crippen molar-refractivity contribution in [1.29, 1.82) is 0 Å². The highest BCUT2D eigenvalue weighted by Gasteiger charge is 2.23. The van der Waals surface area contributed by atoms with E-state index in [-0.39, 0.29) is 13.3 Å². The van der Waals surface area contributed by atoms with E-state index in [2.05, 4.69) is 4.90 Å². The molecule has 2 aliphatic rings. The topological polar surface area (TPSA) is 71.5 Å². The fourth-order valence-corrected chi connectivity index (χ4v) is 3.37. The molecule has 0 atom stereocenters. The van der Waals surface area contributed by atoms with E-state index >= 15 is 0 Å². The van der Waals surface area contributed by atoms with Gasteiger partial charge in [-0.2, -0.15) is 0 Å². The molecule has 3 rings (SSSR count). The van der Waals surface area contributed by atoms with E-state index in [1.54, 1.807) is 0 Å². The first-order chi connectivity index (χ1) is 12.1. The molecule has 1 aromatic rings. The summed E-state index contributed by atoms with van der Waals surface area (Å²) in [5.74, 6) is 1.55. The summed E-state index contributed by atoms with van der Waals surface area (Å²) in [6, 6.07) is 6.01. The first-order valence-electron chi connectivity index (χ1n) is 8.78. The summed E-state index contributed by atoms with van der Waals surface area (Å²) in [6.07, 6.45) is 3.00. The molecule has 25 heavy (non-hydrogen) atoms. The van der Waals surface area contributed by atoms with Crippen molar-refractivity contribution in [2.45, 2.75) is 25.3 Å². The Morgan fingerprint density at radius 3 is 2.84 bits per heavy atom. The minimum absolute atomic E-state index is 0.119. The monoisotopic (exact) mass is 350 g/mol. The summed E-state index contributed by atoms with van der Waals surface area (Å²) in [6.45, 7) is 4.08. The normalized spacial score (nSPS) is 17.8. The molecule has 1 aromatic carbocycles. The van der Waals surface area contributed by atoms with Crippen LogP contribution < -0.4 is 14.2 Å². The molecule has 1 N–H and O–H groups in total. The van der Waals surface area contributed by atoms with Crippen LogP contribution in [0, 0.1) is 0 Å². The molecule has 7 heteroatoms. The quantitative estimate of drug-likeness (QED) is 0.715. The van der Waals surface area contributed by atoms with E-state index in [1.165, 1.54) is 0 Å². The average Bonchev–Trinajstić information content (AvgIpc) is 3.06. The van der Waals surface area contributed by atoms with Gasteiger partial charge in [-0.3, -0.25) is 9.69 Å². The second kappa shape index (κ2) is 8.40. The highest BCUT2D eigenvalue weighted by molar-refractivity contribution is 5.69. The van der Waals surface area contributed by atoms with Gasteiger partial charge >= 0.3 is 5.97 Å². The van der Waals surface area contributed by atoms with E-state index in [4.69, 9.17) is 19.3 Å². The number of likely N-dealkylation sites (tertiary alicyclic amines) is 1. The Morgan fingerprint density at radius 2 is 2.08 bits per heavy atom. The van der Waals surface area contributed by atoms with Crippen molar-refractivity contribution < 1.29 is 24.1 Å². The van der Waals surface area contributed by atoms with Gasteiger partial charge in [0.25, 0.3) is 0 Å². The zero-order valence-corrected chi connectivity index (χ0v) is 14.6. The molecule has 2 heterocycles. The lowest BCUT2D eigenvalue weighted by molar-refractivity contribution is -0.138. The Balaban J connectivity index is 1.32. The summed E-state index contributed by atoms with van der Waals surface area (Å²) in [5.41, 5.74) is 0. The summed E-state index contributed by atoms with van der Waals surface area (Å²) in [4.78, 5) is 15.2. The zero-order valence-electron chi connectivity index (χ0n) is 14.6. The maximum Gasteiger partial charge on any atom is 0.317 e. The summed E-state index contributed by atoms with van der Waals surface area (Å²) < 4.78 is 16.4. The number of carboxylic acids is 1. The maximum absolute atomic E-state index is 10.8. The van der Waals surface area contributed by atoms with E-state index in [0.717, 1.165) is 56.1 Å². The second-order valence-corrected chi connectivity index (χ2v) is 6.60. The molecule has 2 aliphatic heterocycles. The largest absolute Gasteiger partial charge is 0.493 e. The minimum Gasteiger partial charge on any atom is -0.493 e. The molecule has 0 radical (unpaired) electrons. The van der Waals surface area contributed by atoms with Crippen LogP contribution in [-0.2, 0) is 4.79 Å². The van der Waals surface area contributed by atoms with Crippen LogP contribution in [0.2, 0.25) is 0 Å². The highest BCUT2D eigenvalue weighted by Crippen LogP contribution is 2.35. The molecular weight excluding hydrogens is 324 g/mol. The van der Waals surface area contributed by atoms with Crippen LogP contribution in [0.4, 0.5) is 0 Å². The van der Waals surface area contributed by atoms with Crippen LogP contribution in [0.25, 0.3) is 0 Å². The van der Waals surface area contributed by atoms with Gasteiger partial charge in [0.2, 0.25) is 6.79 Å². The van der Waals surface area contributed by atoms with Gasteiger partial charge in [-0.15, -0.1) is 0 Å². The fourth-order valence-electron chi connectivity index (χ4n) is 3.37. The molecule has 0 amide bonds.